The molecular formula is C17H30N2O3. The van der Waals surface area contributed by atoms with E-state index in [9.17, 15) is 9.59 Å². The minimum atomic E-state index is -0.335. The fourth-order valence-corrected chi connectivity index (χ4v) is 1.87. The van der Waals surface area contributed by atoms with Crippen LogP contribution < -0.4 is 5.32 Å². The van der Waals surface area contributed by atoms with E-state index in [-0.39, 0.29) is 23.7 Å². The largest absolute Gasteiger partial charge is 0.463 e. The first-order valence-electron chi connectivity index (χ1n) is 7.75. The van der Waals surface area contributed by atoms with Crippen LogP contribution in [0.25, 0.3) is 0 Å². The highest BCUT2D eigenvalue weighted by atomic mass is 16.5. The van der Waals surface area contributed by atoms with Crippen molar-refractivity contribution < 1.29 is 14.3 Å². The summed E-state index contributed by atoms with van der Waals surface area (Å²) >= 11 is 0. The fourth-order valence-electron chi connectivity index (χ4n) is 1.87. The normalized spacial score (nSPS) is 13.5. The molecule has 126 valence electrons. The second kappa shape index (κ2) is 11.0. The van der Waals surface area contributed by atoms with Crippen LogP contribution in [0.2, 0.25) is 0 Å². The molecule has 0 fully saturated rings. The maximum atomic E-state index is 12.5. The average Bonchev–Trinajstić information content (AvgIpc) is 2.48. The van der Waals surface area contributed by atoms with E-state index in [4.69, 9.17) is 4.74 Å². The van der Waals surface area contributed by atoms with Gasteiger partial charge >= 0.3 is 5.97 Å². The Kier molecular flexibility index (Phi) is 10.2. The molecule has 5 nitrogen and oxygen atoms in total. The van der Waals surface area contributed by atoms with Crippen LogP contribution in [0, 0.1) is 11.8 Å². The lowest BCUT2D eigenvalue weighted by molar-refractivity contribution is -0.138. The van der Waals surface area contributed by atoms with Crippen molar-refractivity contribution in [3.8, 4) is 0 Å². The zero-order chi connectivity index (χ0) is 17.1. The van der Waals surface area contributed by atoms with Crippen molar-refractivity contribution in [3.63, 3.8) is 0 Å². The molecule has 0 aliphatic carbocycles. The van der Waals surface area contributed by atoms with E-state index in [0.29, 0.717) is 18.7 Å². The summed E-state index contributed by atoms with van der Waals surface area (Å²) in [5.41, 5.74) is 0.522. The van der Waals surface area contributed by atoms with E-state index in [1.54, 1.807) is 31.9 Å². The predicted octanol–water partition coefficient (Wildman–Crippen LogP) is 2.00. The van der Waals surface area contributed by atoms with Crippen LogP contribution in [0.3, 0.4) is 0 Å². The summed E-state index contributed by atoms with van der Waals surface area (Å²) in [6.45, 7) is 9.01. The van der Waals surface area contributed by atoms with Gasteiger partial charge in [-0.1, -0.05) is 32.1 Å². The third kappa shape index (κ3) is 7.41. The van der Waals surface area contributed by atoms with Crippen molar-refractivity contribution >= 4 is 11.9 Å². The molecule has 0 heterocycles. The average molecular weight is 310 g/mol. The molecule has 1 N–H and O–H groups in total. The highest BCUT2D eigenvalue weighted by Crippen LogP contribution is 2.15. The standard InChI is InChI=1S/C17H30N2O3/c1-7-22-17(21)14(4)10-12-19(6)16(20)15(13(2)3)9-8-11-18-5/h8-10,13,15,18H,7,11-12H2,1-6H3/b9-8+,14-10+. The van der Waals surface area contributed by atoms with Crippen molar-refractivity contribution in [1.29, 1.82) is 0 Å². The van der Waals surface area contributed by atoms with Crippen molar-refractivity contribution in [3.05, 3.63) is 23.8 Å². The number of rotatable bonds is 9. The van der Waals surface area contributed by atoms with Gasteiger partial charge < -0.3 is 15.0 Å². The first kappa shape index (κ1) is 20.4. The fraction of sp³-hybridized carbons (Fsp3) is 0.647. The summed E-state index contributed by atoms with van der Waals surface area (Å²) in [6, 6.07) is 0. The second-order valence-electron chi connectivity index (χ2n) is 5.58. The van der Waals surface area contributed by atoms with Gasteiger partial charge in [0.05, 0.1) is 12.5 Å². The van der Waals surface area contributed by atoms with E-state index in [2.05, 4.69) is 5.32 Å². The Hall–Kier alpha value is -1.62. The quantitative estimate of drug-likeness (QED) is 0.402. The molecule has 0 aliphatic rings. The summed E-state index contributed by atoms with van der Waals surface area (Å²) in [4.78, 5) is 25.7. The van der Waals surface area contributed by atoms with Crippen LogP contribution >= 0.6 is 0 Å². The summed E-state index contributed by atoms with van der Waals surface area (Å²) in [6.07, 6.45) is 5.64. The van der Waals surface area contributed by atoms with Crippen molar-refractivity contribution in [2.24, 2.45) is 11.8 Å². The molecule has 0 spiro atoms. The summed E-state index contributed by atoms with van der Waals surface area (Å²) < 4.78 is 4.92. The molecule has 5 heteroatoms. The number of carbonyl (C=O) groups excluding carboxylic acids is 2. The molecule has 0 saturated carbocycles. The van der Waals surface area contributed by atoms with Gasteiger partial charge in [-0.3, -0.25) is 4.79 Å². The summed E-state index contributed by atoms with van der Waals surface area (Å²) in [5.74, 6) is -0.222. The monoisotopic (exact) mass is 310 g/mol. The lowest BCUT2D eigenvalue weighted by Crippen LogP contribution is -2.35. The molecule has 0 aromatic carbocycles. The molecule has 1 unspecified atom stereocenters. The van der Waals surface area contributed by atoms with E-state index in [1.165, 1.54) is 0 Å². The Bertz CT molecular complexity index is 414. The third-order valence-corrected chi connectivity index (χ3v) is 3.31. The lowest BCUT2D eigenvalue weighted by Gasteiger charge is -2.23. The number of hydrogen-bond acceptors (Lipinski definition) is 4. The van der Waals surface area contributed by atoms with E-state index in [1.807, 2.05) is 33.0 Å². The Morgan fingerprint density at radius 3 is 2.45 bits per heavy atom. The van der Waals surface area contributed by atoms with E-state index < -0.39 is 0 Å². The second-order valence-corrected chi connectivity index (χ2v) is 5.58. The molecule has 0 aliphatic heterocycles. The number of nitrogens with zero attached hydrogens (tertiary/aromatic N) is 1. The highest BCUT2D eigenvalue weighted by Gasteiger charge is 2.22. The summed E-state index contributed by atoms with van der Waals surface area (Å²) in [5, 5.41) is 3.02. The van der Waals surface area contributed by atoms with Gasteiger partial charge in [0.25, 0.3) is 0 Å². The topological polar surface area (TPSA) is 58.6 Å². The maximum absolute atomic E-state index is 12.5. The Morgan fingerprint density at radius 2 is 1.95 bits per heavy atom. The number of esters is 1. The van der Waals surface area contributed by atoms with Gasteiger partial charge in [-0.2, -0.15) is 0 Å². The first-order chi connectivity index (χ1) is 10.3. The minimum Gasteiger partial charge on any atom is -0.463 e. The molecular weight excluding hydrogens is 280 g/mol. The van der Waals surface area contributed by atoms with Crippen LogP contribution in [0.1, 0.15) is 27.7 Å². The third-order valence-electron chi connectivity index (χ3n) is 3.31. The van der Waals surface area contributed by atoms with Gasteiger partial charge in [0, 0.05) is 25.7 Å². The molecule has 0 aromatic rings. The molecule has 1 amide bonds. The number of likely N-dealkylation sites (N-methyl/N-ethyl adjacent to an activating group) is 2. The number of nitrogens with one attached hydrogen (secondary N) is 1. The number of ether oxygens (including phenoxy) is 1. The molecule has 0 radical (unpaired) electrons. The Balaban J connectivity index is 4.73. The number of carbonyl (C=O) groups is 2. The van der Waals surface area contributed by atoms with Crippen molar-refractivity contribution in [1.82, 2.24) is 10.2 Å². The lowest BCUT2D eigenvalue weighted by atomic mass is 9.94. The van der Waals surface area contributed by atoms with Crippen LogP contribution in [-0.4, -0.2) is 50.6 Å². The summed E-state index contributed by atoms with van der Waals surface area (Å²) in [7, 11) is 3.62. The zero-order valence-corrected chi connectivity index (χ0v) is 14.7. The van der Waals surface area contributed by atoms with Crippen LogP contribution in [-0.2, 0) is 14.3 Å². The van der Waals surface area contributed by atoms with Crippen LogP contribution in [0.15, 0.2) is 23.8 Å². The first-order valence-corrected chi connectivity index (χ1v) is 7.75. The predicted molar refractivity (Wildman–Crippen MR) is 89.4 cm³/mol. The molecule has 22 heavy (non-hydrogen) atoms. The van der Waals surface area contributed by atoms with Gasteiger partial charge in [-0.15, -0.1) is 0 Å². The van der Waals surface area contributed by atoms with Crippen molar-refractivity contribution in [2.45, 2.75) is 27.7 Å². The minimum absolute atomic E-state index is 0.0512. The zero-order valence-electron chi connectivity index (χ0n) is 14.7. The van der Waals surface area contributed by atoms with E-state index >= 15 is 0 Å². The van der Waals surface area contributed by atoms with Crippen LogP contribution in [0.5, 0.6) is 0 Å². The molecule has 0 saturated heterocycles. The number of amides is 1. The molecule has 0 bridgehead atoms. The van der Waals surface area contributed by atoms with Crippen LogP contribution in [0.4, 0.5) is 0 Å². The van der Waals surface area contributed by atoms with Crippen molar-refractivity contribution in [2.75, 3.05) is 33.8 Å². The van der Waals surface area contributed by atoms with E-state index in [0.717, 1.165) is 6.54 Å². The Morgan fingerprint density at radius 1 is 1.32 bits per heavy atom. The number of hydrogen-bond donors (Lipinski definition) is 1. The van der Waals surface area contributed by atoms with Gasteiger partial charge in [-0.25, -0.2) is 4.79 Å². The Labute approximate surface area is 134 Å². The highest BCUT2D eigenvalue weighted by molar-refractivity contribution is 5.88. The maximum Gasteiger partial charge on any atom is 0.333 e. The molecule has 0 rings (SSSR count). The van der Waals surface area contributed by atoms with Gasteiger partial charge in [0.15, 0.2) is 0 Å². The van der Waals surface area contributed by atoms with Gasteiger partial charge in [0.1, 0.15) is 0 Å². The van der Waals surface area contributed by atoms with Gasteiger partial charge in [-0.05, 0) is 26.8 Å². The SMILES string of the molecule is CCOC(=O)/C(C)=C/CN(C)C(=O)C(/C=C/CNC)C(C)C. The molecule has 0 aromatic heterocycles. The van der Waals surface area contributed by atoms with Gasteiger partial charge in [0.2, 0.25) is 5.91 Å². The molecule has 1 atom stereocenters. The smallest absolute Gasteiger partial charge is 0.333 e.